The van der Waals surface area contributed by atoms with Crippen LogP contribution < -0.4 is 0 Å². The Morgan fingerprint density at radius 2 is 1.61 bits per heavy atom. The molecule has 4 fully saturated rings. The van der Waals surface area contributed by atoms with Crippen molar-refractivity contribution < 1.29 is 30.3 Å². The molecule has 5 aliphatic carbocycles. The van der Waals surface area contributed by atoms with Gasteiger partial charge < -0.3 is 25.5 Å². The van der Waals surface area contributed by atoms with Gasteiger partial charge >= 0.3 is 5.97 Å². The number of allylic oxidation sites excluding steroid dienone is 2. The van der Waals surface area contributed by atoms with Crippen molar-refractivity contribution in [1.29, 1.82) is 0 Å². The van der Waals surface area contributed by atoms with Crippen LogP contribution in [0.2, 0.25) is 0 Å². The van der Waals surface area contributed by atoms with Gasteiger partial charge in [0.1, 0.15) is 5.41 Å². The summed E-state index contributed by atoms with van der Waals surface area (Å²) in [6.45, 7) is 13.1. The zero-order chi connectivity index (χ0) is 26.7. The number of hydrogen-bond acceptors (Lipinski definition) is 5. The maximum Gasteiger partial charge on any atom is 0.312 e. The molecule has 0 aromatic rings. The van der Waals surface area contributed by atoms with Gasteiger partial charge in [0.15, 0.2) is 0 Å². The molecule has 6 heteroatoms. The Morgan fingerprint density at radius 3 is 2.22 bits per heavy atom. The zero-order valence-electron chi connectivity index (χ0n) is 23.0. The highest BCUT2D eigenvalue weighted by atomic mass is 16.4. The van der Waals surface area contributed by atoms with Crippen LogP contribution in [-0.4, -0.2) is 56.4 Å². The lowest BCUT2D eigenvalue weighted by Crippen LogP contribution is -2.69. The van der Waals surface area contributed by atoms with Gasteiger partial charge in [-0.15, -0.1) is 0 Å². The number of aliphatic hydroxyl groups excluding tert-OH is 4. The fourth-order valence-electron chi connectivity index (χ4n) is 10.9. The molecule has 0 amide bonds. The topological polar surface area (TPSA) is 118 Å². The van der Waals surface area contributed by atoms with E-state index in [0.717, 1.165) is 32.1 Å². The van der Waals surface area contributed by atoms with Crippen LogP contribution in [0.15, 0.2) is 11.6 Å². The molecule has 0 saturated heterocycles. The van der Waals surface area contributed by atoms with Crippen LogP contribution in [0.1, 0.15) is 92.9 Å². The first kappa shape index (κ1) is 26.6. The molecule has 5 rings (SSSR count). The van der Waals surface area contributed by atoms with Gasteiger partial charge in [-0.1, -0.05) is 53.2 Å². The maximum atomic E-state index is 12.8. The minimum atomic E-state index is -1.12. The third-order valence-corrected chi connectivity index (χ3v) is 13.2. The first-order valence-electron chi connectivity index (χ1n) is 14.1. The Labute approximate surface area is 216 Å². The summed E-state index contributed by atoms with van der Waals surface area (Å²) in [5.41, 5.74) is -1.44. The molecule has 0 bridgehead atoms. The van der Waals surface area contributed by atoms with E-state index in [2.05, 4.69) is 40.7 Å². The molecule has 36 heavy (non-hydrogen) atoms. The van der Waals surface area contributed by atoms with Crippen LogP contribution in [0, 0.1) is 50.2 Å². The molecule has 0 aromatic heterocycles. The van der Waals surface area contributed by atoms with Gasteiger partial charge in [0.05, 0.1) is 24.9 Å². The number of aliphatic hydroxyl groups is 4. The van der Waals surface area contributed by atoms with Crippen LogP contribution in [0.3, 0.4) is 0 Å². The van der Waals surface area contributed by atoms with Crippen LogP contribution >= 0.6 is 0 Å². The van der Waals surface area contributed by atoms with E-state index in [9.17, 15) is 30.3 Å². The lowest BCUT2D eigenvalue weighted by molar-refractivity contribution is -0.248. The zero-order valence-corrected chi connectivity index (χ0v) is 23.0. The van der Waals surface area contributed by atoms with Gasteiger partial charge in [-0.2, -0.15) is 0 Å². The Balaban J connectivity index is 1.64. The lowest BCUT2D eigenvalue weighted by Gasteiger charge is -2.72. The molecule has 5 aliphatic rings. The van der Waals surface area contributed by atoms with Crippen LogP contribution in [0.25, 0.3) is 0 Å². The molecular formula is C30H48O6. The van der Waals surface area contributed by atoms with Gasteiger partial charge in [-0.05, 0) is 90.8 Å². The molecule has 204 valence electrons. The van der Waals surface area contributed by atoms with E-state index in [4.69, 9.17) is 0 Å². The van der Waals surface area contributed by atoms with Crippen molar-refractivity contribution in [2.45, 2.75) is 111 Å². The number of carbonyl (C=O) groups is 1. The highest BCUT2D eigenvalue weighted by Crippen LogP contribution is 2.75. The predicted molar refractivity (Wildman–Crippen MR) is 137 cm³/mol. The molecule has 11 atom stereocenters. The van der Waals surface area contributed by atoms with Gasteiger partial charge in [-0.25, -0.2) is 0 Å². The second-order valence-electron chi connectivity index (χ2n) is 15.2. The van der Waals surface area contributed by atoms with Crippen molar-refractivity contribution in [3.8, 4) is 0 Å². The smallest absolute Gasteiger partial charge is 0.312 e. The van der Waals surface area contributed by atoms with Gasteiger partial charge in [0.25, 0.3) is 0 Å². The summed E-state index contributed by atoms with van der Waals surface area (Å²) in [5, 5.41) is 54.5. The number of fused-ring (bicyclic) bond motifs is 7. The largest absolute Gasteiger partial charge is 0.481 e. The maximum absolute atomic E-state index is 12.8. The van der Waals surface area contributed by atoms with E-state index in [1.165, 1.54) is 5.57 Å². The lowest BCUT2D eigenvalue weighted by atomic mass is 9.33. The standard InChI is InChI=1S/C30H48O6/c1-25(2)11-12-30(24(35)36)18(13-25)17-7-8-21-26(3)14-19(32)23(34)27(4,16-31)20(26)9-10-28(21,5)29(17,6)15-22(30)33/h7,18-23,31-34H,8-16H2,1-6H3,(H,35,36)/t18-,19-,20+,21-,22+,23-,26-,27-,28+,29+,30+/m0/s1. The normalized spacial score (nSPS) is 55.9. The van der Waals surface area contributed by atoms with E-state index in [1.54, 1.807) is 0 Å². The Hall–Kier alpha value is -0.950. The van der Waals surface area contributed by atoms with Crippen molar-refractivity contribution >= 4 is 5.97 Å². The number of hydrogen-bond donors (Lipinski definition) is 5. The second kappa shape index (κ2) is 7.80. The Bertz CT molecular complexity index is 974. The third-order valence-electron chi connectivity index (χ3n) is 13.2. The van der Waals surface area contributed by atoms with Gasteiger partial charge in [0, 0.05) is 5.41 Å². The van der Waals surface area contributed by atoms with Crippen LogP contribution in [0.5, 0.6) is 0 Å². The number of aliphatic carboxylic acids is 1. The quantitative estimate of drug-likeness (QED) is 0.361. The van der Waals surface area contributed by atoms with Crippen LogP contribution in [0.4, 0.5) is 0 Å². The molecule has 4 saturated carbocycles. The number of carboxylic acid groups (broad SMARTS) is 1. The summed E-state index contributed by atoms with van der Waals surface area (Å²) in [5.74, 6) is -0.765. The van der Waals surface area contributed by atoms with E-state index < -0.39 is 35.1 Å². The molecule has 6 nitrogen and oxygen atoms in total. The Morgan fingerprint density at radius 1 is 0.944 bits per heavy atom. The third kappa shape index (κ3) is 3.02. The summed E-state index contributed by atoms with van der Waals surface area (Å²) in [6.07, 6.45) is 5.13. The average molecular weight is 505 g/mol. The van der Waals surface area contributed by atoms with Crippen LogP contribution in [-0.2, 0) is 4.79 Å². The molecule has 0 unspecified atom stereocenters. The van der Waals surface area contributed by atoms with E-state index in [0.29, 0.717) is 19.3 Å². The first-order chi connectivity index (χ1) is 16.5. The summed E-state index contributed by atoms with van der Waals surface area (Å²) < 4.78 is 0. The highest BCUT2D eigenvalue weighted by Gasteiger charge is 2.72. The fourth-order valence-corrected chi connectivity index (χ4v) is 10.9. The molecule has 0 spiro atoms. The highest BCUT2D eigenvalue weighted by molar-refractivity contribution is 5.77. The van der Waals surface area contributed by atoms with Crippen molar-refractivity contribution in [3.05, 3.63) is 11.6 Å². The number of carboxylic acids is 1. The summed E-state index contributed by atoms with van der Waals surface area (Å²) >= 11 is 0. The van der Waals surface area contributed by atoms with Crippen molar-refractivity contribution in [1.82, 2.24) is 0 Å². The number of rotatable bonds is 2. The molecule has 0 aliphatic heterocycles. The van der Waals surface area contributed by atoms with E-state index in [1.807, 2.05) is 6.92 Å². The average Bonchev–Trinajstić information content (AvgIpc) is 2.77. The Kier molecular flexibility index (Phi) is 5.77. The van der Waals surface area contributed by atoms with Crippen molar-refractivity contribution in [2.24, 2.45) is 50.2 Å². The summed E-state index contributed by atoms with van der Waals surface area (Å²) in [7, 11) is 0. The first-order valence-corrected chi connectivity index (χ1v) is 14.1. The predicted octanol–water partition coefficient (Wildman–Crippen LogP) is 4.15. The van der Waals surface area contributed by atoms with Crippen molar-refractivity contribution in [3.63, 3.8) is 0 Å². The summed E-state index contributed by atoms with van der Waals surface area (Å²) in [6, 6.07) is 0. The van der Waals surface area contributed by atoms with Gasteiger partial charge in [0.2, 0.25) is 0 Å². The molecular weight excluding hydrogens is 456 g/mol. The molecule has 0 heterocycles. The molecule has 5 N–H and O–H groups in total. The summed E-state index contributed by atoms with van der Waals surface area (Å²) in [4.78, 5) is 12.8. The SMILES string of the molecule is CC1(C)CC[C@]2(C(=O)O)[C@H](O)C[C@]3(C)C(=CC[C@H]4[C@@]5(C)C[C@H](O)[C@H](O)[C@@](C)(CO)[C@@H]5CC[C@]43C)[C@@H]2C1. The molecule has 0 aromatic carbocycles. The fraction of sp³-hybridized carbons (Fsp3) is 0.900. The monoisotopic (exact) mass is 504 g/mol. The van der Waals surface area contributed by atoms with E-state index in [-0.39, 0.29) is 46.0 Å². The minimum Gasteiger partial charge on any atom is -0.481 e. The molecule has 0 radical (unpaired) electrons. The minimum absolute atomic E-state index is 0.0242. The van der Waals surface area contributed by atoms with E-state index >= 15 is 0 Å². The van der Waals surface area contributed by atoms with Crippen molar-refractivity contribution in [2.75, 3.05) is 6.61 Å². The second-order valence-corrected chi connectivity index (χ2v) is 15.2. The van der Waals surface area contributed by atoms with Gasteiger partial charge in [-0.3, -0.25) is 4.79 Å².